The standard InChI is InChI=1S/C19H22N2O3S/c1-4-14-6-5-7-17(11-14)20-19(22)15-8-9-18-16(12-15)10-13(2)21(18)25(3,23)24/h5-9,11-13H,4,10H2,1-3H3,(H,20,22). The first kappa shape index (κ1) is 17.5. The largest absolute Gasteiger partial charge is 0.322 e. The number of nitrogens with one attached hydrogen (secondary N) is 1. The Morgan fingerprint density at radius 3 is 2.68 bits per heavy atom. The van der Waals surface area contributed by atoms with E-state index in [1.165, 1.54) is 10.6 Å². The van der Waals surface area contributed by atoms with Crippen molar-refractivity contribution in [2.75, 3.05) is 15.9 Å². The van der Waals surface area contributed by atoms with E-state index in [0.29, 0.717) is 17.7 Å². The van der Waals surface area contributed by atoms with Crippen molar-refractivity contribution in [3.63, 3.8) is 0 Å². The number of carbonyl (C=O) groups is 1. The van der Waals surface area contributed by atoms with Crippen LogP contribution in [0.15, 0.2) is 42.5 Å². The summed E-state index contributed by atoms with van der Waals surface area (Å²) in [6, 6.07) is 12.8. The summed E-state index contributed by atoms with van der Waals surface area (Å²) in [7, 11) is -3.32. The summed E-state index contributed by atoms with van der Waals surface area (Å²) in [5, 5.41) is 2.91. The van der Waals surface area contributed by atoms with Crippen LogP contribution in [0.3, 0.4) is 0 Å². The quantitative estimate of drug-likeness (QED) is 0.913. The smallest absolute Gasteiger partial charge is 0.255 e. The monoisotopic (exact) mass is 358 g/mol. The summed E-state index contributed by atoms with van der Waals surface area (Å²) in [5.74, 6) is -0.193. The predicted octanol–water partition coefficient (Wildman–Crippen LogP) is 3.21. The minimum atomic E-state index is -3.32. The van der Waals surface area contributed by atoms with Gasteiger partial charge in [0.2, 0.25) is 10.0 Å². The Balaban J connectivity index is 1.85. The maximum absolute atomic E-state index is 12.5. The molecule has 25 heavy (non-hydrogen) atoms. The van der Waals surface area contributed by atoms with Gasteiger partial charge in [-0.1, -0.05) is 19.1 Å². The van der Waals surface area contributed by atoms with Crippen LogP contribution in [0.2, 0.25) is 0 Å². The van der Waals surface area contributed by atoms with E-state index in [0.717, 1.165) is 23.2 Å². The molecule has 5 nitrogen and oxygen atoms in total. The highest BCUT2D eigenvalue weighted by Gasteiger charge is 2.32. The third-order valence-corrected chi connectivity index (χ3v) is 5.72. The van der Waals surface area contributed by atoms with E-state index >= 15 is 0 Å². The summed E-state index contributed by atoms with van der Waals surface area (Å²) in [6.45, 7) is 3.94. The molecule has 0 saturated heterocycles. The van der Waals surface area contributed by atoms with E-state index in [4.69, 9.17) is 0 Å². The lowest BCUT2D eigenvalue weighted by Crippen LogP contribution is -2.34. The molecule has 0 radical (unpaired) electrons. The van der Waals surface area contributed by atoms with E-state index < -0.39 is 10.0 Å². The van der Waals surface area contributed by atoms with Gasteiger partial charge >= 0.3 is 0 Å². The number of hydrogen-bond donors (Lipinski definition) is 1. The number of fused-ring (bicyclic) bond motifs is 1. The lowest BCUT2D eigenvalue weighted by molar-refractivity contribution is 0.102. The minimum Gasteiger partial charge on any atom is -0.322 e. The Morgan fingerprint density at radius 1 is 1.24 bits per heavy atom. The van der Waals surface area contributed by atoms with Crippen molar-refractivity contribution < 1.29 is 13.2 Å². The number of sulfonamides is 1. The normalized spacial score (nSPS) is 16.6. The zero-order valence-corrected chi connectivity index (χ0v) is 15.4. The number of amides is 1. The van der Waals surface area contributed by atoms with Gasteiger partial charge in [-0.2, -0.15) is 0 Å². The van der Waals surface area contributed by atoms with Crippen molar-refractivity contribution in [1.29, 1.82) is 0 Å². The molecule has 0 spiro atoms. The van der Waals surface area contributed by atoms with Crippen molar-refractivity contribution in [3.05, 3.63) is 59.2 Å². The van der Waals surface area contributed by atoms with E-state index in [2.05, 4.69) is 12.2 Å². The van der Waals surface area contributed by atoms with Crippen LogP contribution in [0.1, 0.15) is 35.3 Å². The van der Waals surface area contributed by atoms with Crippen LogP contribution in [0.5, 0.6) is 0 Å². The van der Waals surface area contributed by atoms with Crippen LogP contribution in [0.25, 0.3) is 0 Å². The van der Waals surface area contributed by atoms with Crippen molar-refractivity contribution in [1.82, 2.24) is 0 Å². The van der Waals surface area contributed by atoms with E-state index in [9.17, 15) is 13.2 Å². The summed E-state index contributed by atoms with van der Waals surface area (Å²) in [4.78, 5) is 12.5. The second kappa shape index (κ2) is 6.52. The lowest BCUT2D eigenvalue weighted by atomic mass is 10.1. The van der Waals surface area contributed by atoms with E-state index in [1.807, 2.05) is 31.2 Å². The summed E-state index contributed by atoms with van der Waals surface area (Å²) >= 11 is 0. The first-order valence-corrected chi connectivity index (χ1v) is 10.2. The molecule has 0 fully saturated rings. The van der Waals surface area contributed by atoms with E-state index in [-0.39, 0.29) is 11.9 Å². The van der Waals surface area contributed by atoms with Gasteiger partial charge in [0, 0.05) is 17.3 Å². The molecule has 0 saturated carbocycles. The Hall–Kier alpha value is -2.34. The molecule has 1 unspecified atom stereocenters. The fraction of sp³-hybridized carbons (Fsp3) is 0.316. The number of aryl methyl sites for hydroxylation is 1. The number of rotatable bonds is 4. The van der Waals surface area contributed by atoms with Crippen LogP contribution >= 0.6 is 0 Å². The Labute approximate surface area is 148 Å². The molecule has 3 rings (SSSR count). The minimum absolute atomic E-state index is 0.135. The Bertz CT molecular complexity index is 922. The van der Waals surface area contributed by atoms with Gasteiger partial charge in [-0.25, -0.2) is 8.42 Å². The molecule has 6 heteroatoms. The number of hydrogen-bond acceptors (Lipinski definition) is 3. The average molecular weight is 358 g/mol. The molecule has 1 N–H and O–H groups in total. The fourth-order valence-electron chi connectivity index (χ4n) is 3.32. The van der Waals surface area contributed by atoms with Gasteiger partial charge in [0.05, 0.1) is 11.9 Å². The summed E-state index contributed by atoms with van der Waals surface area (Å²) in [5.41, 5.74) is 4.00. The second-order valence-electron chi connectivity index (χ2n) is 6.46. The molecule has 0 aliphatic carbocycles. The number of anilines is 2. The number of benzene rings is 2. The summed E-state index contributed by atoms with van der Waals surface area (Å²) in [6.07, 6.45) is 2.72. The number of carbonyl (C=O) groups excluding carboxylic acids is 1. The second-order valence-corrected chi connectivity index (χ2v) is 8.32. The van der Waals surface area contributed by atoms with Crippen LogP contribution in [0, 0.1) is 0 Å². The Morgan fingerprint density at radius 2 is 2.00 bits per heavy atom. The molecule has 1 amide bonds. The van der Waals surface area contributed by atoms with Crippen LogP contribution < -0.4 is 9.62 Å². The van der Waals surface area contributed by atoms with Gasteiger partial charge in [0.25, 0.3) is 5.91 Å². The molecule has 132 valence electrons. The van der Waals surface area contributed by atoms with E-state index in [1.54, 1.807) is 18.2 Å². The molecule has 1 aliphatic heterocycles. The lowest BCUT2D eigenvalue weighted by Gasteiger charge is -2.21. The van der Waals surface area contributed by atoms with Crippen molar-refractivity contribution in [3.8, 4) is 0 Å². The van der Waals surface area contributed by atoms with Crippen LogP contribution in [-0.2, 0) is 22.9 Å². The van der Waals surface area contributed by atoms with Gasteiger partial charge < -0.3 is 5.32 Å². The molecule has 1 heterocycles. The van der Waals surface area contributed by atoms with Gasteiger partial charge in [-0.05, 0) is 61.2 Å². The zero-order valence-electron chi connectivity index (χ0n) is 14.6. The molecule has 0 aromatic heterocycles. The van der Waals surface area contributed by atoms with Crippen molar-refractivity contribution in [2.24, 2.45) is 0 Å². The predicted molar refractivity (Wildman–Crippen MR) is 101 cm³/mol. The first-order valence-electron chi connectivity index (χ1n) is 8.32. The molecule has 0 bridgehead atoms. The van der Waals surface area contributed by atoms with Gasteiger partial charge in [-0.15, -0.1) is 0 Å². The summed E-state index contributed by atoms with van der Waals surface area (Å²) < 4.78 is 25.4. The molecular formula is C19H22N2O3S. The van der Waals surface area contributed by atoms with Crippen LogP contribution in [0.4, 0.5) is 11.4 Å². The SMILES string of the molecule is CCc1cccc(NC(=O)c2ccc3c(c2)CC(C)N3S(C)(=O)=O)c1. The first-order chi connectivity index (χ1) is 11.8. The highest BCUT2D eigenvalue weighted by atomic mass is 32.2. The maximum atomic E-state index is 12.5. The fourth-order valence-corrected chi connectivity index (χ4v) is 4.59. The van der Waals surface area contributed by atoms with Gasteiger partial charge in [0.1, 0.15) is 0 Å². The zero-order chi connectivity index (χ0) is 18.2. The highest BCUT2D eigenvalue weighted by Crippen LogP contribution is 2.34. The molecule has 2 aromatic rings. The third kappa shape index (κ3) is 3.54. The molecular weight excluding hydrogens is 336 g/mol. The maximum Gasteiger partial charge on any atom is 0.255 e. The van der Waals surface area contributed by atoms with Gasteiger partial charge in [0.15, 0.2) is 0 Å². The van der Waals surface area contributed by atoms with Crippen molar-refractivity contribution >= 4 is 27.3 Å². The third-order valence-electron chi connectivity index (χ3n) is 4.45. The van der Waals surface area contributed by atoms with Crippen LogP contribution in [-0.4, -0.2) is 26.6 Å². The van der Waals surface area contributed by atoms with Gasteiger partial charge in [-0.3, -0.25) is 9.10 Å². The highest BCUT2D eigenvalue weighted by molar-refractivity contribution is 7.92. The van der Waals surface area contributed by atoms with Crippen molar-refractivity contribution in [2.45, 2.75) is 32.7 Å². The Kier molecular flexibility index (Phi) is 4.56. The molecule has 1 atom stereocenters. The molecule has 1 aliphatic rings. The number of nitrogens with zero attached hydrogens (tertiary/aromatic N) is 1. The topological polar surface area (TPSA) is 66.5 Å². The molecule has 2 aromatic carbocycles. The average Bonchev–Trinajstić information content (AvgIpc) is 2.89.